The minimum Gasteiger partial charge on any atom is -0.481 e. The van der Waals surface area contributed by atoms with Gasteiger partial charge in [0.25, 0.3) is 11.6 Å². The van der Waals surface area contributed by atoms with Crippen LogP contribution in [0.5, 0.6) is 0 Å². The van der Waals surface area contributed by atoms with E-state index < -0.39 is 28.8 Å². The van der Waals surface area contributed by atoms with Gasteiger partial charge in [-0.2, -0.15) is 0 Å². The van der Waals surface area contributed by atoms with Gasteiger partial charge in [-0.05, 0) is 25.0 Å². The molecular weight excluding hydrogens is 276 g/mol. The zero-order valence-electron chi connectivity index (χ0n) is 11.3. The van der Waals surface area contributed by atoms with E-state index in [0.717, 1.165) is 5.56 Å². The highest BCUT2D eigenvalue weighted by Gasteiger charge is 2.27. The van der Waals surface area contributed by atoms with Crippen molar-refractivity contribution in [3.63, 3.8) is 0 Å². The highest BCUT2D eigenvalue weighted by molar-refractivity contribution is 5.98. The number of carbonyl (C=O) groups is 2. The number of aryl methyl sites for hydroxylation is 1. The second-order valence-corrected chi connectivity index (χ2v) is 4.92. The first kappa shape index (κ1) is 14.7. The topological polar surface area (TPSA) is 110 Å². The molecule has 110 valence electrons. The molecule has 1 aliphatic rings. The lowest BCUT2D eigenvalue weighted by molar-refractivity contribution is -0.385. The number of benzene rings is 1. The van der Waals surface area contributed by atoms with E-state index in [1.807, 2.05) is 0 Å². The number of nitro groups is 1. The van der Waals surface area contributed by atoms with Crippen molar-refractivity contribution in [3.05, 3.63) is 51.6 Å². The maximum Gasteiger partial charge on any atom is 0.310 e. The van der Waals surface area contributed by atoms with Gasteiger partial charge in [-0.25, -0.2) is 0 Å². The first-order valence-corrected chi connectivity index (χ1v) is 6.35. The Morgan fingerprint density at radius 1 is 1.38 bits per heavy atom. The quantitative estimate of drug-likeness (QED) is 0.498. The van der Waals surface area contributed by atoms with Gasteiger partial charge in [0.05, 0.1) is 10.8 Å². The molecule has 2 rings (SSSR count). The first-order valence-electron chi connectivity index (χ1n) is 6.35. The monoisotopic (exact) mass is 290 g/mol. The fourth-order valence-corrected chi connectivity index (χ4v) is 2.23. The molecule has 0 radical (unpaired) electrons. The number of hydrogen-bond acceptors (Lipinski definition) is 4. The molecule has 0 aliphatic heterocycles. The Morgan fingerprint density at radius 3 is 2.67 bits per heavy atom. The molecule has 1 aromatic rings. The van der Waals surface area contributed by atoms with Crippen LogP contribution in [0.3, 0.4) is 0 Å². The van der Waals surface area contributed by atoms with Crippen molar-refractivity contribution in [1.29, 1.82) is 0 Å². The van der Waals surface area contributed by atoms with Gasteiger partial charge in [-0.3, -0.25) is 19.7 Å². The maximum absolute atomic E-state index is 12.2. The first-order chi connectivity index (χ1) is 9.88. The van der Waals surface area contributed by atoms with Crippen molar-refractivity contribution in [2.45, 2.75) is 19.4 Å². The summed E-state index contributed by atoms with van der Waals surface area (Å²) >= 11 is 0. The summed E-state index contributed by atoms with van der Waals surface area (Å²) in [7, 11) is 0. The number of nitrogens with one attached hydrogen (secondary N) is 1. The summed E-state index contributed by atoms with van der Waals surface area (Å²) in [6.45, 7) is 1.73. The van der Waals surface area contributed by atoms with Gasteiger partial charge < -0.3 is 10.4 Å². The summed E-state index contributed by atoms with van der Waals surface area (Å²) in [5.74, 6) is -2.17. The zero-order valence-corrected chi connectivity index (χ0v) is 11.3. The second kappa shape index (κ2) is 5.74. The van der Waals surface area contributed by atoms with E-state index in [4.69, 9.17) is 5.11 Å². The minimum absolute atomic E-state index is 0.0211. The van der Waals surface area contributed by atoms with Gasteiger partial charge in [0.1, 0.15) is 5.56 Å². The lowest BCUT2D eigenvalue weighted by atomic mass is 10.1. The lowest BCUT2D eigenvalue weighted by Crippen LogP contribution is -2.33. The number of carboxylic acid groups (broad SMARTS) is 1. The summed E-state index contributed by atoms with van der Waals surface area (Å²) in [6, 6.07) is 3.86. The molecule has 0 fully saturated rings. The smallest absolute Gasteiger partial charge is 0.310 e. The number of amides is 1. The van der Waals surface area contributed by atoms with E-state index in [-0.39, 0.29) is 17.7 Å². The predicted molar refractivity (Wildman–Crippen MR) is 74.0 cm³/mol. The van der Waals surface area contributed by atoms with Crippen LogP contribution in [0.15, 0.2) is 30.4 Å². The molecule has 0 saturated heterocycles. The number of carboxylic acids is 1. The van der Waals surface area contributed by atoms with Crippen LogP contribution in [-0.2, 0) is 4.79 Å². The summed E-state index contributed by atoms with van der Waals surface area (Å²) in [6.07, 6.45) is 3.36. The Hall–Kier alpha value is -2.70. The highest BCUT2D eigenvalue weighted by atomic mass is 16.6. The molecule has 0 heterocycles. The molecule has 2 unspecified atom stereocenters. The standard InChI is InChI=1S/C14H14N2O5/c1-8-2-5-12(16(20)21)11(6-8)13(17)15-10-4-3-9(7-10)14(18)19/h2-6,9-10H,7H2,1H3,(H,15,17)(H,18,19). The minimum atomic E-state index is -0.954. The van der Waals surface area contributed by atoms with Crippen molar-refractivity contribution in [3.8, 4) is 0 Å². The number of hydrogen-bond donors (Lipinski definition) is 2. The molecule has 1 amide bonds. The van der Waals surface area contributed by atoms with Crippen molar-refractivity contribution < 1.29 is 19.6 Å². The Bertz CT molecular complexity index is 638. The van der Waals surface area contributed by atoms with Gasteiger partial charge in [0.2, 0.25) is 0 Å². The Labute approximate surface area is 120 Å². The van der Waals surface area contributed by atoms with Crippen LogP contribution in [-0.4, -0.2) is 27.9 Å². The Balaban J connectivity index is 2.15. The average molecular weight is 290 g/mol. The van der Waals surface area contributed by atoms with E-state index in [0.29, 0.717) is 0 Å². The molecule has 0 spiro atoms. The van der Waals surface area contributed by atoms with Crippen molar-refractivity contribution >= 4 is 17.6 Å². The molecule has 1 aromatic carbocycles. The van der Waals surface area contributed by atoms with Crippen LogP contribution >= 0.6 is 0 Å². The molecular formula is C14H14N2O5. The second-order valence-electron chi connectivity index (χ2n) is 4.92. The van der Waals surface area contributed by atoms with Crippen LogP contribution in [0, 0.1) is 23.0 Å². The van der Waals surface area contributed by atoms with Gasteiger partial charge in [-0.1, -0.05) is 18.2 Å². The van der Waals surface area contributed by atoms with E-state index >= 15 is 0 Å². The van der Waals surface area contributed by atoms with E-state index in [9.17, 15) is 19.7 Å². The van der Waals surface area contributed by atoms with Gasteiger partial charge in [0, 0.05) is 12.1 Å². The molecule has 2 atom stereocenters. The number of nitro benzene ring substituents is 1. The number of nitrogens with zero attached hydrogens (tertiary/aromatic N) is 1. The van der Waals surface area contributed by atoms with Crippen LogP contribution in [0.25, 0.3) is 0 Å². The SMILES string of the molecule is Cc1ccc([N+](=O)[O-])c(C(=O)NC2C=CC(C(=O)O)C2)c1. The highest BCUT2D eigenvalue weighted by Crippen LogP contribution is 2.22. The molecule has 7 nitrogen and oxygen atoms in total. The molecule has 0 saturated carbocycles. The summed E-state index contributed by atoms with van der Waals surface area (Å²) in [4.78, 5) is 33.3. The number of carbonyl (C=O) groups excluding carboxylic acids is 1. The van der Waals surface area contributed by atoms with Crippen LogP contribution in [0.2, 0.25) is 0 Å². The Morgan fingerprint density at radius 2 is 2.10 bits per heavy atom. The average Bonchev–Trinajstić information content (AvgIpc) is 2.86. The van der Waals surface area contributed by atoms with Gasteiger partial charge >= 0.3 is 5.97 Å². The summed E-state index contributed by atoms with van der Waals surface area (Å²) in [5.41, 5.74) is 0.443. The maximum atomic E-state index is 12.2. The normalized spacial score (nSPS) is 20.2. The molecule has 0 bridgehead atoms. The van der Waals surface area contributed by atoms with E-state index in [1.54, 1.807) is 19.1 Å². The predicted octanol–water partition coefficient (Wildman–Crippen LogP) is 1.66. The molecule has 0 aromatic heterocycles. The fraction of sp³-hybridized carbons (Fsp3) is 0.286. The fourth-order valence-electron chi connectivity index (χ4n) is 2.23. The molecule has 7 heteroatoms. The Kier molecular flexibility index (Phi) is 4.02. The lowest BCUT2D eigenvalue weighted by Gasteiger charge is -2.12. The van der Waals surface area contributed by atoms with Crippen molar-refractivity contribution in [2.75, 3.05) is 0 Å². The van der Waals surface area contributed by atoms with E-state index in [1.165, 1.54) is 18.2 Å². The van der Waals surface area contributed by atoms with Crippen LogP contribution < -0.4 is 5.32 Å². The van der Waals surface area contributed by atoms with Crippen molar-refractivity contribution in [2.24, 2.45) is 5.92 Å². The summed E-state index contributed by atoms with van der Waals surface area (Å²) < 4.78 is 0. The molecule has 1 aliphatic carbocycles. The third-order valence-corrected chi connectivity index (χ3v) is 3.31. The van der Waals surface area contributed by atoms with Crippen LogP contribution in [0.4, 0.5) is 5.69 Å². The third-order valence-electron chi connectivity index (χ3n) is 3.31. The number of rotatable bonds is 4. The third kappa shape index (κ3) is 3.25. The van der Waals surface area contributed by atoms with Gasteiger partial charge in [0.15, 0.2) is 0 Å². The number of aliphatic carboxylic acids is 1. The molecule has 2 N–H and O–H groups in total. The largest absolute Gasteiger partial charge is 0.481 e. The molecule has 21 heavy (non-hydrogen) atoms. The van der Waals surface area contributed by atoms with Crippen LogP contribution in [0.1, 0.15) is 22.3 Å². The summed E-state index contributed by atoms with van der Waals surface area (Å²) in [5, 5.41) is 22.4. The van der Waals surface area contributed by atoms with Crippen molar-refractivity contribution in [1.82, 2.24) is 5.32 Å². The zero-order chi connectivity index (χ0) is 15.6. The van der Waals surface area contributed by atoms with Gasteiger partial charge in [-0.15, -0.1) is 0 Å². The van der Waals surface area contributed by atoms with E-state index in [2.05, 4.69) is 5.32 Å².